The predicted octanol–water partition coefficient (Wildman–Crippen LogP) is 1.68. The molecule has 1 unspecified atom stereocenters. The molecule has 3 atom stereocenters. The van der Waals surface area contributed by atoms with E-state index in [1.165, 1.54) is 17.5 Å². The number of nitrogens with zero attached hydrogens (tertiary/aromatic N) is 4. The molecule has 17 heteroatoms. The number of hydrogen-bond acceptors (Lipinski definition) is 11. The molecular weight excluding hydrogens is 723 g/mol. The van der Waals surface area contributed by atoms with Crippen LogP contribution >= 0.6 is 11.3 Å². The lowest BCUT2D eigenvalue weighted by molar-refractivity contribution is -0.689. The number of rotatable bonds is 14. The molecule has 3 aliphatic rings. The Morgan fingerprint density at radius 2 is 1.72 bits per heavy atom. The van der Waals surface area contributed by atoms with Gasteiger partial charge < -0.3 is 25.9 Å². The summed E-state index contributed by atoms with van der Waals surface area (Å²) in [5, 5.41) is 9.67. The number of carbonyl (C=O) groups is 5. The predicted molar refractivity (Wildman–Crippen MR) is 191 cm³/mol. The van der Waals surface area contributed by atoms with Crippen LogP contribution in [0.25, 0.3) is 0 Å². The second kappa shape index (κ2) is 15.3. The highest BCUT2D eigenvalue weighted by Crippen LogP contribution is 2.37. The van der Waals surface area contributed by atoms with Gasteiger partial charge in [0.05, 0.1) is 22.1 Å². The highest BCUT2D eigenvalue weighted by atomic mass is 32.2. The van der Waals surface area contributed by atoms with Gasteiger partial charge in [0.15, 0.2) is 35.9 Å². The van der Waals surface area contributed by atoms with Crippen LogP contribution in [0.5, 0.6) is 0 Å². The molecule has 7 rings (SSSR count). The number of nitrogens with one attached hydrogen (secondary N) is 2. The summed E-state index contributed by atoms with van der Waals surface area (Å²) in [6.07, 6.45) is 4.14. The average molecular weight is 755 g/mol. The van der Waals surface area contributed by atoms with Gasteiger partial charge >= 0.3 is 5.97 Å². The number of hydrogen-bond donors (Lipinski definition) is 3. The van der Waals surface area contributed by atoms with Crippen molar-refractivity contribution < 1.29 is 42.3 Å². The van der Waals surface area contributed by atoms with Crippen molar-refractivity contribution >= 4 is 63.1 Å². The third kappa shape index (κ3) is 7.61. The Morgan fingerprint density at radius 3 is 2.32 bits per heavy atom. The van der Waals surface area contributed by atoms with Gasteiger partial charge in [0.25, 0.3) is 11.8 Å². The number of esters is 1. The first-order chi connectivity index (χ1) is 25.7. The van der Waals surface area contributed by atoms with E-state index < -0.39 is 52.0 Å². The van der Waals surface area contributed by atoms with Crippen molar-refractivity contribution in [2.45, 2.75) is 43.0 Å². The molecule has 15 nitrogen and oxygen atoms in total. The number of nitrogens with two attached hydrogens (primary N) is 1. The number of carbonyl (C=O) groups excluding carboxylic acids is 5. The maximum atomic E-state index is 14.4. The van der Waals surface area contributed by atoms with Gasteiger partial charge in [-0.2, -0.15) is 0 Å². The smallest absolute Gasteiger partial charge is 0.356 e. The number of pyridine rings is 1. The quantitative estimate of drug-likeness (QED) is 0.0428. The van der Waals surface area contributed by atoms with Crippen LogP contribution < -0.4 is 20.9 Å². The normalized spacial score (nSPS) is 19.6. The zero-order valence-corrected chi connectivity index (χ0v) is 29.5. The van der Waals surface area contributed by atoms with Crippen molar-refractivity contribution in [2.75, 3.05) is 11.1 Å². The zero-order valence-electron chi connectivity index (χ0n) is 27.8. The van der Waals surface area contributed by atoms with E-state index in [1.54, 1.807) is 17.0 Å². The molecular formula is C36H32N7O8S2+. The minimum atomic E-state index is -1.79. The average Bonchev–Trinajstić information content (AvgIpc) is 3.89. The summed E-state index contributed by atoms with van der Waals surface area (Å²) in [5.74, 6) is -3.08. The van der Waals surface area contributed by atoms with E-state index in [0.29, 0.717) is 23.1 Å². The Morgan fingerprint density at radius 1 is 1.06 bits per heavy atom. The van der Waals surface area contributed by atoms with Crippen molar-refractivity contribution in [3.63, 3.8) is 0 Å². The number of oxime groups is 1. The fourth-order valence-corrected chi connectivity index (χ4v) is 8.20. The van der Waals surface area contributed by atoms with E-state index in [4.69, 9.17) is 15.3 Å². The minimum Gasteiger partial charge on any atom is -0.448 e. The fourth-order valence-electron chi connectivity index (χ4n) is 5.87. The number of ether oxygens (including phenoxy) is 1. The summed E-state index contributed by atoms with van der Waals surface area (Å²) in [7, 11) is -1.79. The van der Waals surface area contributed by atoms with Crippen LogP contribution in [0, 0.1) is 0 Å². The molecule has 4 heterocycles. The van der Waals surface area contributed by atoms with Gasteiger partial charge in [-0.25, -0.2) is 14.3 Å². The van der Waals surface area contributed by atoms with Crippen LogP contribution in [-0.2, 0) is 46.1 Å². The summed E-state index contributed by atoms with van der Waals surface area (Å²) >= 11 is 1.06. The van der Waals surface area contributed by atoms with Gasteiger partial charge in [-0.05, 0) is 24.0 Å². The number of fused-ring (bicyclic) bond motifs is 1. The number of aromatic nitrogens is 2. The third-order valence-electron chi connectivity index (χ3n) is 8.63. The standard InChI is InChI=1S/C36H31N7O8S2/c37-31(45)23-13-15-42(16-14-23)17-24-19-53(49)34-28(40-32(46)27(41-51-25-11-12-25)26-18-52-36(39-26)38-20-44)33(47)43(34)29(24)35(48)50-30(21-7-3-1-4-8-21)22-9-5-2-6-10-22/h1-10,13-16,18,20,25,28,30,34H,11-12,17,19H2,(H3-,37,38,39,40,44,45,46)/p+1/t28-,34+,53?/m1/s1. The topological polar surface area (TPSA) is 203 Å². The maximum Gasteiger partial charge on any atom is 0.356 e. The highest BCUT2D eigenvalue weighted by Gasteiger charge is 2.58. The molecule has 2 aliphatic heterocycles. The van der Waals surface area contributed by atoms with Crippen molar-refractivity contribution in [2.24, 2.45) is 10.9 Å². The van der Waals surface area contributed by atoms with E-state index in [1.807, 2.05) is 60.7 Å². The Labute approximate surface area is 308 Å². The van der Waals surface area contributed by atoms with Gasteiger partial charge in [-0.15, -0.1) is 11.3 Å². The van der Waals surface area contributed by atoms with Gasteiger partial charge in [-0.1, -0.05) is 65.8 Å². The Kier molecular flexibility index (Phi) is 10.2. The van der Waals surface area contributed by atoms with Crippen LogP contribution in [0.4, 0.5) is 5.13 Å². The van der Waals surface area contributed by atoms with Crippen LogP contribution in [0.15, 0.2) is 107 Å². The van der Waals surface area contributed by atoms with Crippen molar-refractivity contribution in [3.8, 4) is 0 Å². The van der Waals surface area contributed by atoms with Crippen molar-refractivity contribution in [3.05, 3.63) is 124 Å². The van der Waals surface area contributed by atoms with Crippen LogP contribution in [0.1, 0.15) is 46.1 Å². The van der Waals surface area contributed by atoms with E-state index >= 15 is 0 Å². The van der Waals surface area contributed by atoms with E-state index in [9.17, 15) is 28.2 Å². The molecule has 270 valence electrons. The molecule has 0 spiro atoms. The summed E-state index contributed by atoms with van der Waals surface area (Å²) in [5.41, 5.74) is 7.17. The largest absolute Gasteiger partial charge is 0.448 e. The monoisotopic (exact) mass is 754 g/mol. The van der Waals surface area contributed by atoms with E-state index in [0.717, 1.165) is 29.1 Å². The number of thiazole rings is 1. The number of β-lactam (4-membered cyclic amide) rings is 1. The summed E-state index contributed by atoms with van der Waals surface area (Å²) in [6, 6.07) is 20.0. The van der Waals surface area contributed by atoms with Gasteiger partial charge in [0.2, 0.25) is 12.3 Å². The summed E-state index contributed by atoms with van der Waals surface area (Å²) in [6.45, 7) is 0.0282. The van der Waals surface area contributed by atoms with Crippen LogP contribution in [-0.4, -0.2) is 73.2 Å². The molecule has 2 fully saturated rings. The van der Waals surface area contributed by atoms with E-state index in [-0.39, 0.29) is 46.2 Å². The summed E-state index contributed by atoms with van der Waals surface area (Å²) < 4.78 is 21.8. The number of amides is 4. The summed E-state index contributed by atoms with van der Waals surface area (Å²) in [4.78, 5) is 75.4. The number of anilines is 1. The third-order valence-corrected chi connectivity index (χ3v) is 11.1. The molecule has 4 N–H and O–H groups in total. The number of benzene rings is 2. The van der Waals surface area contributed by atoms with Gasteiger partial charge in [0.1, 0.15) is 28.9 Å². The first-order valence-corrected chi connectivity index (χ1v) is 18.7. The second-order valence-electron chi connectivity index (χ2n) is 12.3. The zero-order chi connectivity index (χ0) is 37.1. The lowest BCUT2D eigenvalue weighted by atomic mass is 10.0. The van der Waals surface area contributed by atoms with Crippen LogP contribution in [0.2, 0.25) is 0 Å². The van der Waals surface area contributed by atoms with Crippen molar-refractivity contribution in [1.29, 1.82) is 0 Å². The SMILES string of the molecule is NC(=O)c1cc[n+](CC2=C(C(=O)OC(c3ccccc3)c3ccccc3)N3C(=O)[C@@H](NC(=O)C(=NOC4CC4)c4csc(NC=O)n4)[C@@H]3S(=O)C2)cc1. The van der Waals surface area contributed by atoms with E-state index in [2.05, 4.69) is 20.8 Å². The molecule has 1 aliphatic carbocycles. The van der Waals surface area contributed by atoms with Gasteiger partial charge in [0, 0.05) is 23.1 Å². The molecule has 2 aromatic heterocycles. The molecule has 1 saturated carbocycles. The van der Waals surface area contributed by atoms with Crippen LogP contribution in [0.3, 0.4) is 0 Å². The first kappa shape index (κ1) is 35.3. The molecule has 0 radical (unpaired) electrons. The highest BCUT2D eigenvalue weighted by molar-refractivity contribution is 7.86. The lowest BCUT2D eigenvalue weighted by Gasteiger charge is -2.49. The van der Waals surface area contributed by atoms with Gasteiger partial charge in [-0.3, -0.25) is 28.3 Å². The number of primary amides is 1. The fraction of sp³-hybridized carbons (Fsp3) is 0.222. The van der Waals surface area contributed by atoms with Crippen molar-refractivity contribution in [1.82, 2.24) is 15.2 Å². The Balaban J connectivity index is 1.20. The lowest BCUT2D eigenvalue weighted by Crippen LogP contribution is -2.74. The minimum absolute atomic E-state index is 0.0282. The molecule has 1 saturated heterocycles. The first-order valence-electron chi connectivity index (χ1n) is 16.4. The molecule has 0 bridgehead atoms. The maximum absolute atomic E-state index is 14.4. The second-order valence-corrected chi connectivity index (χ2v) is 14.7. The molecule has 2 aromatic carbocycles. The molecule has 53 heavy (non-hydrogen) atoms. The molecule has 4 amide bonds. The Bertz CT molecular complexity index is 2110. The molecule has 4 aromatic rings. The Hall–Kier alpha value is -6.07.